The SMILES string of the molecule is Fc1ccc(CNC(=S)NCCc2ccc(Cl)cc2)c(Cl)c1. The third-order valence-electron chi connectivity index (χ3n) is 3.07. The minimum absolute atomic E-state index is 0.350. The lowest BCUT2D eigenvalue weighted by Crippen LogP contribution is -2.35. The molecule has 2 rings (SSSR count). The lowest BCUT2D eigenvalue weighted by molar-refractivity contribution is 0.627. The summed E-state index contributed by atoms with van der Waals surface area (Å²) in [6, 6.07) is 12.0. The summed E-state index contributed by atoms with van der Waals surface area (Å²) in [4.78, 5) is 0. The van der Waals surface area contributed by atoms with Gasteiger partial charge in [0, 0.05) is 23.1 Å². The van der Waals surface area contributed by atoms with Crippen molar-refractivity contribution in [3.8, 4) is 0 Å². The molecule has 6 heteroatoms. The maximum atomic E-state index is 12.9. The van der Waals surface area contributed by atoms with Crippen LogP contribution in [0.25, 0.3) is 0 Å². The fraction of sp³-hybridized carbons (Fsp3) is 0.188. The summed E-state index contributed by atoms with van der Waals surface area (Å²) >= 11 is 17.0. The van der Waals surface area contributed by atoms with E-state index < -0.39 is 0 Å². The summed E-state index contributed by atoms with van der Waals surface area (Å²) in [5, 5.41) is 7.81. The average Bonchev–Trinajstić information content (AvgIpc) is 2.48. The topological polar surface area (TPSA) is 24.1 Å². The van der Waals surface area contributed by atoms with Gasteiger partial charge in [-0.3, -0.25) is 0 Å². The number of hydrogen-bond donors (Lipinski definition) is 2. The molecule has 2 aromatic carbocycles. The first kappa shape index (κ1) is 17.0. The number of thiocarbonyl (C=S) groups is 1. The number of halogens is 3. The molecule has 0 saturated heterocycles. The summed E-state index contributed by atoms with van der Waals surface area (Å²) < 4.78 is 12.9. The second-order valence-electron chi connectivity index (χ2n) is 4.72. The molecular weight excluding hydrogens is 342 g/mol. The highest BCUT2D eigenvalue weighted by Gasteiger charge is 2.03. The smallest absolute Gasteiger partial charge is 0.166 e. The van der Waals surface area contributed by atoms with E-state index in [0.717, 1.165) is 17.0 Å². The van der Waals surface area contributed by atoms with Crippen LogP contribution in [0.15, 0.2) is 42.5 Å². The van der Waals surface area contributed by atoms with Gasteiger partial charge in [0.2, 0.25) is 0 Å². The molecule has 2 N–H and O–H groups in total. The molecule has 0 unspecified atom stereocenters. The highest BCUT2D eigenvalue weighted by molar-refractivity contribution is 7.80. The van der Waals surface area contributed by atoms with Crippen LogP contribution in [0.2, 0.25) is 10.0 Å². The summed E-state index contributed by atoms with van der Waals surface area (Å²) in [5.74, 6) is -0.350. The number of rotatable bonds is 5. The van der Waals surface area contributed by atoms with Crippen LogP contribution in [0.1, 0.15) is 11.1 Å². The molecular formula is C16H15Cl2FN2S. The second-order valence-corrected chi connectivity index (χ2v) is 5.97. The molecule has 0 radical (unpaired) electrons. The lowest BCUT2D eigenvalue weighted by Gasteiger charge is -2.11. The van der Waals surface area contributed by atoms with Crippen molar-refractivity contribution in [1.82, 2.24) is 10.6 Å². The molecule has 0 bridgehead atoms. The molecule has 2 nitrogen and oxygen atoms in total. The molecule has 116 valence electrons. The predicted molar refractivity (Wildman–Crippen MR) is 94.0 cm³/mol. The van der Waals surface area contributed by atoms with Crippen molar-refractivity contribution in [3.05, 3.63) is 69.5 Å². The maximum absolute atomic E-state index is 12.9. The molecule has 0 atom stereocenters. The Bertz CT molecular complexity index is 647. The molecule has 0 amide bonds. The van der Waals surface area contributed by atoms with Gasteiger partial charge in [-0.15, -0.1) is 0 Å². The Balaban J connectivity index is 1.72. The first-order valence-electron chi connectivity index (χ1n) is 6.74. The Morgan fingerprint density at radius 1 is 1.05 bits per heavy atom. The van der Waals surface area contributed by atoms with Crippen LogP contribution >= 0.6 is 35.4 Å². The van der Waals surface area contributed by atoms with Gasteiger partial charge in [0.15, 0.2) is 5.11 Å². The van der Waals surface area contributed by atoms with Crippen LogP contribution in [-0.4, -0.2) is 11.7 Å². The van der Waals surface area contributed by atoms with Gasteiger partial charge < -0.3 is 10.6 Å². The summed E-state index contributed by atoms with van der Waals surface area (Å²) in [5.41, 5.74) is 1.98. The molecule has 0 saturated carbocycles. The third kappa shape index (κ3) is 5.44. The van der Waals surface area contributed by atoms with Crippen LogP contribution in [-0.2, 0) is 13.0 Å². The minimum Gasteiger partial charge on any atom is -0.362 e. The van der Waals surface area contributed by atoms with Crippen molar-refractivity contribution < 1.29 is 4.39 Å². The Morgan fingerprint density at radius 2 is 1.77 bits per heavy atom. The van der Waals surface area contributed by atoms with Gasteiger partial charge in [0.25, 0.3) is 0 Å². The lowest BCUT2D eigenvalue weighted by atomic mass is 10.1. The van der Waals surface area contributed by atoms with Gasteiger partial charge in [-0.1, -0.05) is 41.4 Å². The summed E-state index contributed by atoms with van der Waals surface area (Å²) in [6.07, 6.45) is 0.844. The van der Waals surface area contributed by atoms with Gasteiger partial charge in [-0.25, -0.2) is 4.39 Å². The van der Waals surface area contributed by atoms with Gasteiger partial charge in [-0.05, 0) is 54.0 Å². The average molecular weight is 357 g/mol. The van der Waals surface area contributed by atoms with Gasteiger partial charge in [0.1, 0.15) is 5.82 Å². The monoisotopic (exact) mass is 356 g/mol. The molecule has 22 heavy (non-hydrogen) atoms. The van der Waals surface area contributed by atoms with Crippen molar-refractivity contribution >= 4 is 40.5 Å². The Morgan fingerprint density at radius 3 is 2.45 bits per heavy atom. The largest absolute Gasteiger partial charge is 0.362 e. The van der Waals surface area contributed by atoms with E-state index in [9.17, 15) is 4.39 Å². The first-order chi connectivity index (χ1) is 10.5. The zero-order valence-electron chi connectivity index (χ0n) is 11.7. The highest BCUT2D eigenvalue weighted by atomic mass is 35.5. The van der Waals surface area contributed by atoms with Gasteiger partial charge in [0.05, 0.1) is 0 Å². The summed E-state index contributed by atoms with van der Waals surface area (Å²) in [7, 11) is 0. The Kier molecular flexibility index (Phi) is 6.43. The quantitative estimate of drug-likeness (QED) is 0.779. The fourth-order valence-corrected chi connectivity index (χ4v) is 2.41. The van der Waals surface area contributed by atoms with E-state index in [1.165, 1.54) is 17.7 Å². The number of nitrogens with one attached hydrogen (secondary N) is 2. The molecule has 0 aliphatic rings. The van der Waals surface area contributed by atoms with Crippen LogP contribution < -0.4 is 10.6 Å². The maximum Gasteiger partial charge on any atom is 0.166 e. The molecule has 0 heterocycles. The van der Waals surface area contributed by atoms with Crippen molar-refractivity contribution in [2.45, 2.75) is 13.0 Å². The van der Waals surface area contributed by atoms with Crippen molar-refractivity contribution in [1.29, 1.82) is 0 Å². The van der Waals surface area contributed by atoms with Gasteiger partial charge >= 0.3 is 0 Å². The minimum atomic E-state index is -0.350. The van der Waals surface area contributed by atoms with Crippen molar-refractivity contribution in [3.63, 3.8) is 0 Å². The van der Waals surface area contributed by atoms with E-state index in [-0.39, 0.29) is 5.82 Å². The van der Waals surface area contributed by atoms with E-state index in [2.05, 4.69) is 10.6 Å². The van der Waals surface area contributed by atoms with Crippen molar-refractivity contribution in [2.24, 2.45) is 0 Å². The molecule has 0 aromatic heterocycles. The number of hydrogen-bond acceptors (Lipinski definition) is 1. The normalized spacial score (nSPS) is 10.3. The zero-order chi connectivity index (χ0) is 15.9. The highest BCUT2D eigenvalue weighted by Crippen LogP contribution is 2.16. The van der Waals surface area contributed by atoms with Crippen LogP contribution in [0.3, 0.4) is 0 Å². The van der Waals surface area contributed by atoms with Crippen molar-refractivity contribution in [2.75, 3.05) is 6.54 Å². The van der Waals surface area contributed by atoms with E-state index in [4.69, 9.17) is 35.4 Å². The fourth-order valence-electron chi connectivity index (χ4n) is 1.87. The van der Waals surface area contributed by atoms with Crippen LogP contribution in [0.4, 0.5) is 4.39 Å². The number of benzene rings is 2. The zero-order valence-corrected chi connectivity index (χ0v) is 14.0. The van der Waals surface area contributed by atoms with Crippen LogP contribution in [0, 0.1) is 5.82 Å². The Hall–Kier alpha value is -1.36. The van der Waals surface area contributed by atoms with E-state index in [1.54, 1.807) is 6.07 Å². The molecule has 0 fully saturated rings. The molecule has 0 aliphatic heterocycles. The van der Waals surface area contributed by atoms with Gasteiger partial charge in [-0.2, -0.15) is 0 Å². The van der Waals surface area contributed by atoms with E-state index in [0.29, 0.717) is 23.2 Å². The molecule has 2 aromatic rings. The molecule has 0 aliphatic carbocycles. The van der Waals surface area contributed by atoms with E-state index in [1.807, 2.05) is 24.3 Å². The summed E-state index contributed by atoms with van der Waals surface area (Å²) in [6.45, 7) is 1.16. The Labute approximate surface area is 144 Å². The molecule has 0 spiro atoms. The van der Waals surface area contributed by atoms with E-state index >= 15 is 0 Å². The predicted octanol–water partition coefficient (Wildman–Crippen LogP) is 4.34. The third-order valence-corrected chi connectivity index (χ3v) is 3.96. The standard InChI is InChI=1S/C16H15Cl2FN2S/c17-13-4-1-11(2-5-13)7-8-20-16(22)21-10-12-3-6-14(19)9-15(12)18/h1-6,9H,7-8,10H2,(H2,20,21,22). The first-order valence-corrected chi connectivity index (χ1v) is 7.91. The van der Waals surface area contributed by atoms with Crippen LogP contribution in [0.5, 0.6) is 0 Å². The second kappa shape index (κ2) is 8.32.